The van der Waals surface area contributed by atoms with Gasteiger partial charge in [-0.25, -0.2) is 0 Å². The molecule has 0 amide bonds. The predicted molar refractivity (Wildman–Crippen MR) is 246 cm³/mol. The number of nitrogens with zero attached hydrogens (tertiary/aromatic N) is 1. The number of rotatable bonds is 8. The Bertz CT molecular complexity index is 2870. The van der Waals surface area contributed by atoms with E-state index in [9.17, 15) is 0 Å². The van der Waals surface area contributed by atoms with Gasteiger partial charge in [-0.15, -0.1) is 0 Å². The Morgan fingerprint density at radius 1 is 0.276 bits per heavy atom. The first-order valence-electron chi connectivity index (χ1n) is 20.2. The van der Waals surface area contributed by atoms with Crippen LogP contribution in [0.15, 0.2) is 224 Å². The van der Waals surface area contributed by atoms with Gasteiger partial charge in [0.25, 0.3) is 0 Å². The van der Waals surface area contributed by atoms with E-state index in [0.717, 1.165) is 17.1 Å². The fraction of sp³-hybridized carbons (Fsp3) is 0.0526. The maximum absolute atomic E-state index is 2.46. The molecule has 0 aliphatic heterocycles. The monoisotopic (exact) mass is 741 g/mol. The molecule has 1 aliphatic carbocycles. The highest BCUT2D eigenvalue weighted by molar-refractivity contribution is 5.93. The summed E-state index contributed by atoms with van der Waals surface area (Å²) in [6.45, 7) is 4.72. The van der Waals surface area contributed by atoms with Gasteiger partial charge in [-0.2, -0.15) is 0 Å². The van der Waals surface area contributed by atoms with Crippen molar-refractivity contribution in [3.8, 4) is 66.8 Å². The molecule has 1 aliphatic rings. The molecule has 0 unspecified atom stereocenters. The van der Waals surface area contributed by atoms with Gasteiger partial charge < -0.3 is 4.90 Å². The van der Waals surface area contributed by atoms with Crippen LogP contribution >= 0.6 is 0 Å². The standard InChI is InChI=1S/C57H43N/c1-57(2)54-25-15-14-24-51(54)52-36-35-48(39-55(52)57)58(47-33-30-45(31-34-47)50-23-13-12-22-49(50)43-18-8-4-9-19-43)56-37-32-46(38-53(56)44-20-10-5-11-21-44)42-28-26-41(27-29-42)40-16-6-3-7-17-40/h3-39H,1-2H3. The molecule has 276 valence electrons. The van der Waals surface area contributed by atoms with Gasteiger partial charge in [-0.05, 0) is 109 Å². The van der Waals surface area contributed by atoms with Crippen LogP contribution in [0.25, 0.3) is 66.8 Å². The maximum Gasteiger partial charge on any atom is 0.0540 e. The van der Waals surface area contributed by atoms with Gasteiger partial charge in [0.2, 0.25) is 0 Å². The summed E-state index contributed by atoms with van der Waals surface area (Å²) in [5, 5.41) is 0. The van der Waals surface area contributed by atoms with E-state index in [-0.39, 0.29) is 5.41 Å². The van der Waals surface area contributed by atoms with Crippen molar-refractivity contribution in [1.82, 2.24) is 0 Å². The molecule has 58 heavy (non-hydrogen) atoms. The molecule has 0 saturated heterocycles. The molecular weight excluding hydrogens is 699 g/mol. The molecule has 0 spiro atoms. The van der Waals surface area contributed by atoms with Crippen LogP contribution in [0.1, 0.15) is 25.0 Å². The van der Waals surface area contributed by atoms with Gasteiger partial charge in [0, 0.05) is 22.4 Å². The van der Waals surface area contributed by atoms with Crippen LogP contribution in [0.4, 0.5) is 17.1 Å². The Morgan fingerprint density at radius 3 is 1.31 bits per heavy atom. The highest BCUT2D eigenvalue weighted by atomic mass is 15.1. The average molecular weight is 742 g/mol. The van der Waals surface area contributed by atoms with E-state index in [2.05, 4.69) is 243 Å². The molecule has 1 nitrogen and oxygen atoms in total. The van der Waals surface area contributed by atoms with Crippen molar-refractivity contribution in [3.05, 3.63) is 236 Å². The van der Waals surface area contributed by atoms with Crippen molar-refractivity contribution in [2.75, 3.05) is 4.90 Å². The van der Waals surface area contributed by atoms with Crippen molar-refractivity contribution in [2.45, 2.75) is 19.3 Å². The van der Waals surface area contributed by atoms with Crippen molar-refractivity contribution in [2.24, 2.45) is 0 Å². The fourth-order valence-electron chi connectivity index (χ4n) is 8.90. The summed E-state index contributed by atoms with van der Waals surface area (Å²) < 4.78 is 0. The largest absolute Gasteiger partial charge is 0.310 e. The number of hydrogen-bond donors (Lipinski definition) is 0. The lowest BCUT2D eigenvalue weighted by atomic mass is 9.82. The Morgan fingerprint density at radius 2 is 0.690 bits per heavy atom. The first kappa shape index (κ1) is 35.2. The Balaban J connectivity index is 1.13. The lowest BCUT2D eigenvalue weighted by Crippen LogP contribution is -2.17. The summed E-state index contributed by atoms with van der Waals surface area (Å²) in [6.07, 6.45) is 0. The zero-order valence-corrected chi connectivity index (χ0v) is 32.8. The van der Waals surface area contributed by atoms with E-state index < -0.39 is 0 Å². The Labute approximate surface area is 342 Å². The summed E-state index contributed by atoms with van der Waals surface area (Å²) in [4.78, 5) is 2.46. The zero-order valence-electron chi connectivity index (χ0n) is 32.8. The van der Waals surface area contributed by atoms with Crippen LogP contribution in [0.3, 0.4) is 0 Å². The van der Waals surface area contributed by atoms with E-state index >= 15 is 0 Å². The lowest BCUT2D eigenvalue weighted by Gasteiger charge is -2.30. The van der Waals surface area contributed by atoms with Crippen LogP contribution in [0, 0.1) is 0 Å². The van der Waals surface area contributed by atoms with E-state index in [0.29, 0.717) is 0 Å². The van der Waals surface area contributed by atoms with Crippen LogP contribution in [0.2, 0.25) is 0 Å². The van der Waals surface area contributed by atoms with E-state index in [1.54, 1.807) is 0 Å². The summed E-state index contributed by atoms with van der Waals surface area (Å²) in [5.74, 6) is 0. The molecule has 9 aromatic rings. The molecule has 0 radical (unpaired) electrons. The van der Waals surface area contributed by atoms with E-state index in [1.807, 2.05) is 0 Å². The highest BCUT2D eigenvalue weighted by Crippen LogP contribution is 2.51. The minimum atomic E-state index is -0.128. The smallest absolute Gasteiger partial charge is 0.0540 e. The first-order valence-corrected chi connectivity index (χ1v) is 20.2. The van der Waals surface area contributed by atoms with E-state index in [1.165, 1.54) is 77.9 Å². The SMILES string of the molecule is CC1(C)c2ccccc2-c2ccc(N(c3ccc(-c4ccccc4-c4ccccc4)cc3)c3ccc(-c4ccc(-c5ccccc5)cc4)cc3-c3ccccc3)cc21. The summed E-state index contributed by atoms with van der Waals surface area (Å²) in [5.41, 5.74) is 20.6. The third-order valence-electron chi connectivity index (χ3n) is 11.9. The molecule has 0 N–H and O–H groups in total. The van der Waals surface area contributed by atoms with Crippen molar-refractivity contribution in [3.63, 3.8) is 0 Å². The highest BCUT2D eigenvalue weighted by Gasteiger charge is 2.36. The van der Waals surface area contributed by atoms with Gasteiger partial charge in [-0.1, -0.05) is 202 Å². The Hall–Kier alpha value is -7.22. The fourth-order valence-corrected chi connectivity index (χ4v) is 8.90. The summed E-state index contributed by atoms with van der Waals surface area (Å²) in [6, 6.07) is 81.8. The van der Waals surface area contributed by atoms with Crippen LogP contribution < -0.4 is 4.90 Å². The molecule has 1 heteroatoms. The zero-order chi connectivity index (χ0) is 39.1. The van der Waals surface area contributed by atoms with Gasteiger partial charge in [-0.3, -0.25) is 0 Å². The maximum atomic E-state index is 2.46. The van der Waals surface area contributed by atoms with Crippen molar-refractivity contribution >= 4 is 17.1 Å². The number of benzene rings is 9. The van der Waals surface area contributed by atoms with Gasteiger partial charge in [0.1, 0.15) is 0 Å². The molecule has 0 bridgehead atoms. The second kappa shape index (κ2) is 14.7. The number of fused-ring (bicyclic) bond motifs is 3. The minimum absolute atomic E-state index is 0.128. The molecule has 10 rings (SSSR count). The second-order valence-corrected chi connectivity index (χ2v) is 15.7. The number of hydrogen-bond acceptors (Lipinski definition) is 1. The average Bonchev–Trinajstić information content (AvgIpc) is 3.53. The van der Waals surface area contributed by atoms with Gasteiger partial charge in [0.15, 0.2) is 0 Å². The predicted octanol–water partition coefficient (Wildman–Crippen LogP) is 15.8. The first-order chi connectivity index (χ1) is 28.5. The molecule has 0 atom stereocenters. The van der Waals surface area contributed by atoms with Crippen LogP contribution in [-0.4, -0.2) is 0 Å². The molecule has 9 aromatic carbocycles. The van der Waals surface area contributed by atoms with Crippen molar-refractivity contribution < 1.29 is 0 Å². The van der Waals surface area contributed by atoms with Crippen LogP contribution in [0.5, 0.6) is 0 Å². The van der Waals surface area contributed by atoms with Crippen LogP contribution in [-0.2, 0) is 5.41 Å². The summed E-state index contributed by atoms with van der Waals surface area (Å²) >= 11 is 0. The topological polar surface area (TPSA) is 3.24 Å². The third kappa shape index (κ3) is 6.32. The normalized spacial score (nSPS) is 12.4. The molecule has 0 aromatic heterocycles. The minimum Gasteiger partial charge on any atom is -0.310 e. The molecule has 0 heterocycles. The lowest BCUT2D eigenvalue weighted by molar-refractivity contribution is 0.660. The molecule has 0 fully saturated rings. The van der Waals surface area contributed by atoms with Gasteiger partial charge >= 0.3 is 0 Å². The van der Waals surface area contributed by atoms with E-state index in [4.69, 9.17) is 0 Å². The second-order valence-electron chi connectivity index (χ2n) is 15.7. The van der Waals surface area contributed by atoms with Gasteiger partial charge in [0.05, 0.1) is 5.69 Å². The van der Waals surface area contributed by atoms with Crippen molar-refractivity contribution in [1.29, 1.82) is 0 Å². The summed E-state index contributed by atoms with van der Waals surface area (Å²) in [7, 11) is 0. The molecular formula is C57H43N. The number of anilines is 3. The molecule has 0 saturated carbocycles. The quantitative estimate of drug-likeness (QED) is 0.150. The Kier molecular flexibility index (Phi) is 8.92. The third-order valence-corrected chi connectivity index (χ3v) is 11.9.